The number of nitrogens with one attached hydrogen (secondary N) is 2. The van der Waals surface area contributed by atoms with Gasteiger partial charge in [0.2, 0.25) is 11.6 Å². The molecule has 0 unspecified atom stereocenters. The minimum atomic E-state index is -0.0360. The molecule has 0 atom stereocenters. The highest BCUT2D eigenvalue weighted by Gasteiger charge is 2.13. The standard InChI is InChI=1S/C8H9N5O/c1-5-6(3-14)2-13-4-10-7(9)12-8(13)11-5/h3-4H,2H2,1H3,(H2,9,11,12). The van der Waals surface area contributed by atoms with E-state index in [0.717, 1.165) is 12.0 Å². The van der Waals surface area contributed by atoms with Crippen LogP contribution in [0.15, 0.2) is 17.6 Å². The zero-order valence-electron chi connectivity index (χ0n) is 7.61. The molecule has 1 aromatic rings. The maximum absolute atomic E-state index is 10.7. The van der Waals surface area contributed by atoms with Crippen LogP contribution >= 0.6 is 0 Å². The average Bonchev–Trinajstić information content (AvgIpc) is 2.16. The number of carbonyl (C=O) groups is 1. The van der Waals surface area contributed by atoms with Gasteiger partial charge in [0.05, 0.1) is 6.54 Å². The van der Waals surface area contributed by atoms with E-state index in [0.29, 0.717) is 18.1 Å². The number of carbonyl (C=O) groups excluding carboxylic acids is 1. The number of aldehydes is 1. The Bertz CT molecular complexity index is 473. The van der Waals surface area contributed by atoms with Crippen molar-refractivity contribution in [2.45, 2.75) is 13.5 Å². The van der Waals surface area contributed by atoms with Crippen LogP contribution in [0.1, 0.15) is 6.92 Å². The van der Waals surface area contributed by atoms with Crippen LogP contribution in [-0.2, 0) is 11.3 Å². The van der Waals surface area contributed by atoms with E-state index in [1.54, 1.807) is 11.5 Å². The lowest BCUT2D eigenvalue weighted by molar-refractivity contribution is -0.105. The molecule has 72 valence electrons. The van der Waals surface area contributed by atoms with Crippen molar-refractivity contribution in [1.29, 1.82) is 5.41 Å². The van der Waals surface area contributed by atoms with Gasteiger partial charge in [0.1, 0.15) is 12.6 Å². The first-order chi connectivity index (χ1) is 6.70. The molecule has 1 aromatic heterocycles. The topological polar surface area (TPSA) is 83.7 Å². The number of anilines is 1. The summed E-state index contributed by atoms with van der Waals surface area (Å²) in [5, 5.41) is 10.2. The third kappa shape index (κ3) is 1.30. The summed E-state index contributed by atoms with van der Waals surface area (Å²) < 4.78 is 1.69. The van der Waals surface area contributed by atoms with Gasteiger partial charge in [0, 0.05) is 11.3 Å². The van der Waals surface area contributed by atoms with E-state index in [1.807, 2.05) is 0 Å². The molecular weight excluding hydrogens is 182 g/mol. The minimum Gasteiger partial charge on any atom is -0.329 e. The lowest BCUT2D eigenvalue weighted by Crippen LogP contribution is -2.25. The van der Waals surface area contributed by atoms with E-state index in [9.17, 15) is 4.79 Å². The molecule has 6 heteroatoms. The zero-order chi connectivity index (χ0) is 10.1. The molecule has 2 heterocycles. The summed E-state index contributed by atoms with van der Waals surface area (Å²) in [4.78, 5) is 18.3. The first-order valence-corrected chi connectivity index (χ1v) is 4.10. The van der Waals surface area contributed by atoms with Crippen LogP contribution < -0.4 is 10.9 Å². The SMILES string of the molecule is CC1=C(C=O)Cn2cnc(=N)nc2N1. The Kier molecular flexibility index (Phi) is 1.88. The van der Waals surface area contributed by atoms with Gasteiger partial charge in [-0.15, -0.1) is 0 Å². The fraction of sp³-hybridized carbons (Fsp3) is 0.250. The van der Waals surface area contributed by atoms with Crippen LogP contribution in [0.25, 0.3) is 0 Å². The van der Waals surface area contributed by atoms with Crippen molar-refractivity contribution in [3.05, 3.63) is 23.2 Å². The van der Waals surface area contributed by atoms with Crippen LogP contribution in [-0.4, -0.2) is 20.8 Å². The summed E-state index contributed by atoms with van der Waals surface area (Å²) in [5.74, 6) is 0.549. The molecule has 2 rings (SSSR count). The summed E-state index contributed by atoms with van der Waals surface area (Å²) >= 11 is 0. The first-order valence-electron chi connectivity index (χ1n) is 4.10. The summed E-state index contributed by atoms with van der Waals surface area (Å²) in [7, 11) is 0. The fourth-order valence-corrected chi connectivity index (χ4v) is 1.26. The summed E-state index contributed by atoms with van der Waals surface area (Å²) in [5.41, 5.74) is 1.41. The van der Waals surface area contributed by atoms with E-state index in [-0.39, 0.29) is 5.62 Å². The molecule has 0 aliphatic carbocycles. The van der Waals surface area contributed by atoms with Crippen molar-refractivity contribution >= 4 is 12.2 Å². The van der Waals surface area contributed by atoms with Gasteiger partial charge in [-0.1, -0.05) is 0 Å². The van der Waals surface area contributed by atoms with E-state index in [2.05, 4.69) is 15.3 Å². The zero-order valence-corrected chi connectivity index (χ0v) is 7.61. The molecule has 0 aromatic carbocycles. The van der Waals surface area contributed by atoms with Crippen molar-refractivity contribution in [2.24, 2.45) is 0 Å². The smallest absolute Gasteiger partial charge is 0.246 e. The van der Waals surface area contributed by atoms with Crippen molar-refractivity contribution in [3.8, 4) is 0 Å². The lowest BCUT2D eigenvalue weighted by Gasteiger charge is -2.20. The Balaban J connectivity index is 2.48. The van der Waals surface area contributed by atoms with Crippen LogP contribution in [0.2, 0.25) is 0 Å². The normalized spacial score (nSPS) is 14.6. The third-order valence-corrected chi connectivity index (χ3v) is 2.07. The largest absolute Gasteiger partial charge is 0.329 e. The van der Waals surface area contributed by atoms with Crippen molar-refractivity contribution in [3.63, 3.8) is 0 Å². The molecule has 0 saturated carbocycles. The summed E-state index contributed by atoms with van der Waals surface area (Å²) in [6.45, 7) is 2.26. The molecule has 1 aliphatic rings. The van der Waals surface area contributed by atoms with Crippen LogP contribution in [0.5, 0.6) is 0 Å². The molecule has 0 bridgehead atoms. The monoisotopic (exact) mass is 191 g/mol. The van der Waals surface area contributed by atoms with Crippen molar-refractivity contribution in [1.82, 2.24) is 14.5 Å². The Morgan fingerprint density at radius 3 is 3.21 bits per heavy atom. The maximum Gasteiger partial charge on any atom is 0.246 e. The third-order valence-electron chi connectivity index (χ3n) is 2.07. The predicted octanol–water partition coefficient (Wildman–Crippen LogP) is -0.344. The Labute approximate surface area is 79.8 Å². The highest BCUT2D eigenvalue weighted by atomic mass is 16.1. The molecular formula is C8H9N5O. The maximum atomic E-state index is 10.7. The van der Waals surface area contributed by atoms with Crippen molar-refractivity contribution < 1.29 is 4.79 Å². The second-order valence-corrected chi connectivity index (χ2v) is 3.02. The highest BCUT2D eigenvalue weighted by molar-refractivity contribution is 5.76. The lowest BCUT2D eigenvalue weighted by atomic mass is 10.2. The van der Waals surface area contributed by atoms with Gasteiger partial charge in [-0.2, -0.15) is 4.98 Å². The van der Waals surface area contributed by atoms with Gasteiger partial charge in [-0.25, -0.2) is 4.98 Å². The second kappa shape index (κ2) is 3.06. The molecule has 0 amide bonds. The Morgan fingerprint density at radius 1 is 1.71 bits per heavy atom. The van der Waals surface area contributed by atoms with Gasteiger partial charge < -0.3 is 5.32 Å². The first kappa shape index (κ1) is 8.61. The van der Waals surface area contributed by atoms with Gasteiger partial charge in [0.25, 0.3) is 0 Å². The van der Waals surface area contributed by atoms with Gasteiger partial charge in [0.15, 0.2) is 0 Å². The number of nitrogens with zero attached hydrogens (tertiary/aromatic N) is 3. The number of allylic oxidation sites excluding steroid dienone is 2. The van der Waals surface area contributed by atoms with E-state index in [4.69, 9.17) is 5.41 Å². The number of aromatic nitrogens is 3. The Hall–Kier alpha value is -1.98. The summed E-state index contributed by atoms with van der Waals surface area (Å²) in [6, 6.07) is 0. The van der Waals surface area contributed by atoms with Crippen LogP contribution in [0, 0.1) is 5.41 Å². The molecule has 0 fully saturated rings. The highest BCUT2D eigenvalue weighted by Crippen LogP contribution is 2.15. The average molecular weight is 191 g/mol. The number of rotatable bonds is 1. The molecule has 1 aliphatic heterocycles. The molecule has 14 heavy (non-hydrogen) atoms. The number of fused-ring (bicyclic) bond motifs is 1. The van der Waals surface area contributed by atoms with Gasteiger partial charge in [-0.05, 0) is 6.92 Å². The number of hydrogen-bond acceptors (Lipinski definition) is 5. The van der Waals surface area contributed by atoms with Gasteiger partial charge >= 0.3 is 0 Å². The molecule has 0 radical (unpaired) electrons. The number of hydrogen-bond donors (Lipinski definition) is 2. The van der Waals surface area contributed by atoms with E-state index in [1.165, 1.54) is 6.33 Å². The Morgan fingerprint density at radius 2 is 2.50 bits per heavy atom. The molecule has 6 nitrogen and oxygen atoms in total. The minimum absolute atomic E-state index is 0.0360. The van der Waals surface area contributed by atoms with E-state index >= 15 is 0 Å². The summed E-state index contributed by atoms with van der Waals surface area (Å²) in [6.07, 6.45) is 2.31. The predicted molar refractivity (Wildman–Crippen MR) is 48.3 cm³/mol. The van der Waals surface area contributed by atoms with Gasteiger partial charge in [-0.3, -0.25) is 14.8 Å². The van der Waals surface area contributed by atoms with Crippen LogP contribution in [0.3, 0.4) is 0 Å². The van der Waals surface area contributed by atoms with Crippen molar-refractivity contribution in [2.75, 3.05) is 5.32 Å². The quantitative estimate of drug-likeness (QED) is 0.594. The molecule has 0 spiro atoms. The second-order valence-electron chi connectivity index (χ2n) is 3.02. The van der Waals surface area contributed by atoms with E-state index < -0.39 is 0 Å². The van der Waals surface area contributed by atoms with Crippen LogP contribution in [0.4, 0.5) is 5.95 Å². The fourth-order valence-electron chi connectivity index (χ4n) is 1.26. The molecule has 0 saturated heterocycles. The molecule has 2 N–H and O–H groups in total.